The highest BCUT2D eigenvalue weighted by Crippen LogP contribution is 2.31. The van der Waals surface area contributed by atoms with Crippen molar-refractivity contribution in [3.8, 4) is 23.2 Å². The van der Waals surface area contributed by atoms with Gasteiger partial charge in [0.1, 0.15) is 11.6 Å². The molecule has 98 valence electrons. The zero-order valence-electron chi connectivity index (χ0n) is 11.3. The van der Waals surface area contributed by atoms with Gasteiger partial charge in [-0.2, -0.15) is 5.26 Å². The molecule has 0 amide bonds. The van der Waals surface area contributed by atoms with Crippen molar-refractivity contribution in [3.05, 3.63) is 48.0 Å². The smallest absolute Gasteiger partial charge is 0.144 e. The molecule has 3 aromatic rings. The van der Waals surface area contributed by atoms with E-state index < -0.39 is 0 Å². The zero-order valence-corrected chi connectivity index (χ0v) is 11.3. The van der Waals surface area contributed by atoms with Crippen molar-refractivity contribution in [3.63, 3.8) is 0 Å². The summed E-state index contributed by atoms with van der Waals surface area (Å²) >= 11 is 0. The van der Waals surface area contributed by atoms with Gasteiger partial charge in [0.15, 0.2) is 0 Å². The molecule has 0 aliphatic heterocycles. The molecular weight excluding hydrogens is 250 g/mol. The minimum Gasteiger partial charge on any atom is -0.496 e. The number of aryl methyl sites for hydroxylation is 1. The topological polar surface area (TPSA) is 50.8 Å². The standard InChI is InChI=1S/C16H13N3O/c1-19-14-9-11(10-17)7-8-13(14)18-16(19)12-5-3-4-6-15(12)20-2/h3-9H,1-2H3. The SMILES string of the molecule is COc1ccccc1-c1nc2ccc(C#N)cc2n1C. The Bertz CT molecular complexity index is 827. The third-order valence-corrected chi connectivity index (χ3v) is 3.36. The maximum atomic E-state index is 8.99. The molecule has 0 unspecified atom stereocenters. The lowest BCUT2D eigenvalue weighted by Crippen LogP contribution is -1.95. The van der Waals surface area contributed by atoms with Crippen molar-refractivity contribution in [2.45, 2.75) is 0 Å². The molecule has 0 fully saturated rings. The van der Waals surface area contributed by atoms with E-state index in [4.69, 9.17) is 10.00 Å². The third-order valence-electron chi connectivity index (χ3n) is 3.36. The van der Waals surface area contributed by atoms with Gasteiger partial charge >= 0.3 is 0 Å². The number of rotatable bonds is 2. The molecule has 0 spiro atoms. The summed E-state index contributed by atoms with van der Waals surface area (Å²) < 4.78 is 7.37. The van der Waals surface area contributed by atoms with Crippen molar-refractivity contribution < 1.29 is 4.74 Å². The molecular formula is C16H13N3O. The average molecular weight is 263 g/mol. The summed E-state index contributed by atoms with van der Waals surface area (Å²) in [4.78, 5) is 4.64. The van der Waals surface area contributed by atoms with Crippen LogP contribution < -0.4 is 4.74 Å². The molecule has 0 bridgehead atoms. The quantitative estimate of drug-likeness (QED) is 0.713. The lowest BCUT2D eigenvalue weighted by Gasteiger charge is -2.07. The van der Waals surface area contributed by atoms with E-state index in [9.17, 15) is 0 Å². The summed E-state index contributed by atoms with van der Waals surface area (Å²) in [7, 11) is 3.59. The third kappa shape index (κ3) is 1.81. The molecule has 0 radical (unpaired) electrons. The molecule has 0 aliphatic rings. The molecule has 0 saturated carbocycles. The molecule has 1 heterocycles. The Morgan fingerprint density at radius 3 is 2.75 bits per heavy atom. The molecule has 0 N–H and O–H groups in total. The summed E-state index contributed by atoms with van der Waals surface area (Å²) in [5.74, 6) is 1.61. The minimum atomic E-state index is 0.632. The number of benzene rings is 2. The van der Waals surface area contributed by atoms with E-state index in [-0.39, 0.29) is 0 Å². The molecule has 4 nitrogen and oxygen atoms in total. The predicted octanol–water partition coefficient (Wildman–Crippen LogP) is 3.12. The Balaban J connectivity index is 2.27. The van der Waals surface area contributed by atoms with Crippen molar-refractivity contribution in [2.75, 3.05) is 7.11 Å². The lowest BCUT2D eigenvalue weighted by molar-refractivity contribution is 0.416. The number of ether oxygens (including phenoxy) is 1. The van der Waals surface area contributed by atoms with Crippen LogP contribution in [-0.2, 0) is 7.05 Å². The molecule has 2 aromatic carbocycles. The second-order valence-electron chi connectivity index (χ2n) is 4.51. The van der Waals surface area contributed by atoms with Gasteiger partial charge in [-0.1, -0.05) is 12.1 Å². The number of nitrogens with zero attached hydrogens (tertiary/aromatic N) is 3. The summed E-state index contributed by atoms with van der Waals surface area (Å²) in [6.45, 7) is 0. The Morgan fingerprint density at radius 1 is 1.20 bits per heavy atom. The highest BCUT2D eigenvalue weighted by Gasteiger charge is 2.13. The van der Waals surface area contributed by atoms with Gasteiger partial charge in [-0.25, -0.2) is 4.98 Å². The second kappa shape index (κ2) is 4.71. The van der Waals surface area contributed by atoms with Gasteiger partial charge < -0.3 is 9.30 Å². The fraction of sp³-hybridized carbons (Fsp3) is 0.125. The Kier molecular flexibility index (Phi) is 2.88. The fourth-order valence-electron chi connectivity index (χ4n) is 2.33. The zero-order chi connectivity index (χ0) is 14.1. The molecule has 3 rings (SSSR count). The number of fused-ring (bicyclic) bond motifs is 1. The van der Waals surface area contributed by atoms with Crippen molar-refractivity contribution >= 4 is 11.0 Å². The number of imidazole rings is 1. The average Bonchev–Trinajstić information content (AvgIpc) is 2.83. The number of hydrogen-bond acceptors (Lipinski definition) is 3. The predicted molar refractivity (Wildman–Crippen MR) is 77.4 cm³/mol. The summed E-state index contributed by atoms with van der Waals surface area (Å²) in [5, 5.41) is 8.99. The van der Waals surface area contributed by atoms with E-state index in [2.05, 4.69) is 11.1 Å². The largest absolute Gasteiger partial charge is 0.496 e. The first-order valence-electron chi connectivity index (χ1n) is 6.24. The number of hydrogen-bond donors (Lipinski definition) is 0. The van der Waals surface area contributed by atoms with Gasteiger partial charge in [-0.3, -0.25) is 0 Å². The molecule has 0 aliphatic carbocycles. The molecule has 0 atom stereocenters. The molecule has 0 saturated heterocycles. The van der Waals surface area contributed by atoms with Gasteiger partial charge in [0.25, 0.3) is 0 Å². The molecule has 4 heteroatoms. The first-order chi connectivity index (χ1) is 9.74. The van der Waals surface area contributed by atoms with E-state index in [0.29, 0.717) is 5.56 Å². The highest BCUT2D eigenvalue weighted by atomic mass is 16.5. The molecule has 1 aromatic heterocycles. The van der Waals surface area contributed by atoms with Crippen LogP contribution in [0.15, 0.2) is 42.5 Å². The van der Waals surface area contributed by atoms with Gasteiger partial charge in [0.2, 0.25) is 0 Å². The summed E-state index contributed by atoms with van der Waals surface area (Å²) in [6, 6.07) is 15.4. The maximum Gasteiger partial charge on any atom is 0.144 e. The van der Waals surface area contributed by atoms with Crippen LogP contribution in [0.3, 0.4) is 0 Å². The molecule has 20 heavy (non-hydrogen) atoms. The summed E-state index contributed by atoms with van der Waals surface area (Å²) in [5.41, 5.74) is 3.37. The van der Waals surface area contributed by atoms with Crippen LogP contribution in [0.2, 0.25) is 0 Å². The first kappa shape index (κ1) is 12.2. The maximum absolute atomic E-state index is 8.99. The Labute approximate surface area is 116 Å². The van der Waals surface area contributed by atoms with Gasteiger partial charge in [-0.05, 0) is 30.3 Å². The minimum absolute atomic E-state index is 0.632. The lowest BCUT2D eigenvalue weighted by atomic mass is 10.2. The number of aromatic nitrogens is 2. The summed E-state index contributed by atoms with van der Waals surface area (Å²) in [6.07, 6.45) is 0. The monoisotopic (exact) mass is 263 g/mol. The van der Waals surface area contributed by atoms with Crippen LogP contribution in [0, 0.1) is 11.3 Å². The van der Waals surface area contributed by atoms with Crippen LogP contribution >= 0.6 is 0 Å². The van der Waals surface area contributed by atoms with E-state index in [1.165, 1.54) is 0 Å². The number of nitriles is 1. The van der Waals surface area contributed by atoms with Crippen molar-refractivity contribution in [1.82, 2.24) is 9.55 Å². The van der Waals surface area contributed by atoms with E-state index in [0.717, 1.165) is 28.2 Å². The van der Waals surface area contributed by atoms with Gasteiger partial charge in [-0.15, -0.1) is 0 Å². The number of para-hydroxylation sites is 1. The van der Waals surface area contributed by atoms with Crippen LogP contribution in [0.5, 0.6) is 5.75 Å². The van der Waals surface area contributed by atoms with Gasteiger partial charge in [0, 0.05) is 7.05 Å². The van der Waals surface area contributed by atoms with Crippen LogP contribution in [0.4, 0.5) is 0 Å². The number of methoxy groups -OCH3 is 1. The normalized spacial score (nSPS) is 10.4. The Morgan fingerprint density at radius 2 is 2.00 bits per heavy atom. The first-order valence-corrected chi connectivity index (χ1v) is 6.24. The van der Waals surface area contributed by atoms with Crippen LogP contribution in [0.1, 0.15) is 5.56 Å². The van der Waals surface area contributed by atoms with Crippen molar-refractivity contribution in [1.29, 1.82) is 5.26 Å². The second-order valence-corrected chi connectivity index (χ2v) is 4.51. The van der Waals surface area contributed by atoms with E-state index in [1.807, 2.05) is 48.0 Å². The van der Waals surface area contributed by atoms with Crippen molar-refractivity contribution in [2.24, 2.45) is 7.05 Å². The van der Waals surface area contributed by atoms with Gasteiger partial charge in [0.05, 0.1) is 35.3 Å². The highest BCUT2D eigenvalue weighted by molar-refractivity contribution is 5.83. The fourth-order valence-corrected chi connectivity index (χ4v) is 2.33. The van der Waals surface area contributed by atoms with Crippen LogP contribution in [-0.4, -0.2) is 16.7 Å². The van der Waals surface area contributed by atoms with E-state index in [1.54, 1.807) is 13.2 Å². The Hall–Kier alpha value is -2.80. The van der Waals surface area contributed by atoms with E-state index >= 15 is 0 Å². The van der Waals surface area contributed by atoms with Crippen LogP contribution in [0.25, 0.3) is 22.4 Å².